The van der Waals surface area contributed by atoms with E-state index in [0.29, 0.717) is 21.4 Å². The van der Waals surface area contributed by atoms with Gasteiger partial charge in [-0.2, -0.15) is 0 Å². The predicted octanol–water partition coefficient (Wildman–Crippen LogP) is 4.18. The van der Waals surface area contributed by atoms with E-state index in [2.05, 4.69) is 10.6 Å². The summed E-state index contributed by atoms with van der Waals surface area (Å²) in [4.78, 5) is 11.7. The first-order valence-corrected chi connectivity index (χ1v) is 6.54. The average molecular weight is 313 g/mol. The zero-order valence-electron chi connectivity index (χ0n) is 10.3. The molecule has 0 aliphatic carbocycles. The Morgan fingerprint density at radius 1 is 1.10 bits per heavy atom. The van der Waals surface area contributed by atoms with Crippen LogP contribution < -0.4 is 10.6 Å². The van der Waals surface area contributed by atoms with Crippen LogP contribution in [0.3, 0.4) is 0 Å². The van der Waals surface area contributed by atoms with Crippen molar-refractivity contribution >= 4 is 40.5 Å². The molecule has 20 heavy (non-hydrogen) atoms. The number of hydrogen-bond donors (Lipinski definition) is 2. The Morgan fingerprint density at radius 3 is 2.50 bits per heavy atom. The highest BCUT2D eigenvalue weighted by molar-refractivity contribution is 6.35. The van der Waals surface area contributed by atoms with Gasteiger partial charge in [0.05, 0.1) is 17.3 Å². The first-order valence-electron chi connectivity index (χ1n) is 5.79. The van der Waals surface area contributed by atoms with E-state index in [9.17, 15) is 9.18 Å². The maximum atomic E-state index is 12.7. The number of amides is 1. The molecule has 0 spiro atoms. The monoisotopic (exact) mass is 312 g/mol. The number of benzene rings is 2. The molecule has 104 valence electrons. The first kappa shape index (κ1) is 14.6. The molecule has 1 amide bonds. The molecule has 2 rings (SSSR count). The van der Waals surface area contributed by atoms with Gasteiger partial charge in [-0.3, -0.25) is 4.79 Å². The standard InChI is InChI=1S/C14H11Cl2FN2O/c15-9-1-6-12(16)13(7-9)18-8-14(20)19-11-4-2-10(17)3-5-11/h1-7,18H,8H2,(H,19,20). The summed E-state index contributed by atoms with van der Waals surface area (Å²) in [5.74, 6) is -0.625. The molecular weight excluding hydrogens is 302 g/mol. The maximum absolute atomic E-state index is 12.7. The van der Waals surface area contributed by atoms with Gasteiger partial charge in [0.25, 0.3) is 0 Å². The molecule has 0 heterocycles. The van der Waals surface area contributed by atoms with E-state index in [1.54, 1.807) is 18.2 Å². The summed E-state index contributed by atoms with van der Waals surface area (Å²) in [6.45, 7) is 0.0252. The minimum absolute atomic E-state index is 0.0252. The van der Waals surface area contributed by atoms with Crippen molar-refractivity contribution in [3.05, 3.63) is 58.3 Å². The molecule has 2 aromatic rings. The number of rotatable bonds is 4. The van der Waals surface area contributed by atoms with Gasteiger partial charge in [0.1, 0.15) is 5.82 Å². The molecule has 2 aromatic carbocycles. The molecule has 3 nitrogen and oxygen atoms in total. The van der Waals surface area contributed by atoms with E-state index < -0.39 is 0 Å². The largest absolute Gasteiger partial charge is 0.375 e. The van der Waals surface area contributed by atoms with Gasteiger partial charge in [-0.05, 0) is 42.5 Å². The smallest absolute Gasteiger partial charge is 0.243 e. The van der Waals surface area contributed by atoms with Crippen molar-refractivity contribution in [1.29, 1.82) is 0 Å². The van der Waals surface area contributed by atoms with E-state index in [1.165, 1.54) is 24.3 Å². The Bertz CT molecular complexity index is 617. The van der Waals surface area contributed by atoms with Crippen LogP contribution in [0.2, 0.25) is 10.0 Å². The molecule has 0 aliphatic heterocycles. The van der Waals surface area contributed by atoms with Crippen LogP contribution in [0, 0.1) is 5.82 Å². The summed E-state index contributed by atoms with van der Waals surface area (Å²) in [6.07, 6.45) is 0. The lowest BCUT2D eigenvalue weighted by Crippen LogP contribution is -2.21. The van der Waals surface area contributed by atoms with E-state index in [-0.39, 0.29) is 18.3 Å². The molecule has 0 saturated carbocycles. The lowest BCUT2D eigenvalue weighted by atomic mass is 10.3. The molecule has 2 N–H and O–H groups in total. The Labute approximate surface area is 125 Å². The van der Waals surface area contributed by atoms with Crippen molar-refractivity contribution in [2.24, 2.45) is 0 Å². The van der Waals surface area contributed by atoms with Crippen molar-refractivity contribution < 1.29 is 9.18 Å². The lowest BCUT2D eigenvalue weighted by molar-refractivity contribution is -0.114. The number of nitrogens with one attached hydrogen (secondary N) is 2. The highest BCUT2D eigenvalue weighted by atomic mass is 35.5. The Balaban J connectivity index is 1.92. The summed E-state index contributed by atoms with van der Waals surface area (Å²) in [7, 11) is 0. The molecular formula is C14H11Cl2FN2O. The van der Waals surface area contributed by atoms with E-state index in [4.69, 9.17) is 23.2 Å². The van der Waals surface area contributed by atoms with Crippen molar-refractivity contribution in [2.45, 2.75) is 0 Å². The number of carbonyl (C=O) groups excluding carboxylic acids is 1. The molecule has 0 aromatic heterocycles. The fraction of sp³-hybridized carbons (Fsp3) is 0.0714. The van der Waals surface area contributed by atoms with Crippen molar-refractivity contribution in [1.82, 2.24) is 0 Å². The fourth-order valence-electron chi connectivity index (χ4n) is 1.55. The third-order valence-electron chi connectivity index (χ3n) is 2.50. The predicted molar refractivity (Wildman–Crippen MR) is 80.0 cm³/mol. The third kappa shape index (κ3) is 4.11. The highest BCUT2D eigenvalue weighted by Gasteiger charge is 2.05. The van der Waals surface area contributed by atoms with E-state index in [0.717, 1.165) is 0 Å². The van der Waals surface area contributed by atoms with Crippen LogP contribution in [0.1, 0.15) is 0 Å². The normalized spacial score (nSPS) is 10.2. The zero-order valence-corrected chi connectivity index (χ0v) is 11.8. The van der Waals surface area contributed by atoms with Crippen molar-refractivity contribution in [2.75, 3.05) is 17.2 Å². The molecule has 0 unspecified atom stereocenters. The minimum atomic E-state index is -0.355. The summed E-state index contributed by atoms with van der Waals surface area (Å²) >= 11 is 11.8. The second kappa shape index (κ2) is 6.59. The summed E-state index contributed by atoms with van der Waals surface area (Å²) in [5.41, 5.74) is 1.10. The number of halogens is 3. The molecule has 0 aliphatic rings. The van der Waals surface area contributed by atoms with Gasteiger partial charge in [0.2, 0.25) is 5.91 Å². The topological polar surface area (TPSA) is 41.1 Å². The van der Waals surface area contributed by atoms with Gasteiger partial charge in [-0.1, -0.05) is 23.2 Å². The zero-order chi connectivity index (χ0) is 14.5. The van der Waals surface area contributed by atoms with Gasteiger partial charge in [0, 0.05) is 10.7 Å². The molecule has 0 saturated heterocycles. The van der Waals surface area contributed by atoms with E-state index in [1.807, 2.05) is 0 Å². The van der Waals surface area contributed by atoms with Crippen molar-refractivity contribution in [3.63, 3.8) is 0 Å². The summed E-state index contributed by atoms with van der Waals surface area (Å²) < 4.78 is 12.7. The Kier molecular flexibility index (Phi) is 4.82. The van der Waals surface area contributed by atoms with Gasteiger partial charge in [-0.25, -0.2) is 4.39 Å². The number of anilines is 2. The lowest BCUT2D eigenvalue weighted by Gasteiger charge is -2.09. The van der Waals surface area contributed by atoms with Crippen LogP contribution in [0.5, 0.6) is 0 Å². The SMILES string of the molecule is O=C(CNc1cc(Cl)ccc1Cl)Nc1ccc(F)cc1. The van der Waals surface area contributed by atoms with Crippen LogP contribution in [0.25, 0.3) is 0 Å². The van der Waals surface area contributed by atoms with E-state index >= 15 is 0 Å². The molecule has 6 heteroatoms. The van der Waals surface area contributed by atoms with Crippen LogP contribution in [-0.4, -0.2) is 12.5 Å². The summed E-state index contributed by atoms with van der Waals surface area (Å²) in [6, 6.07) is 10.5. The second-order valence-electron chi connectivity index (χ2n) is 4.03. The number of carbonyl (C=O) groups is 1. The molecule has 0 bridgehead atoms. The number of hydrogen-bond acceptors (Lipinski definition) is 2. The van der Waals surface area contributed by atoms with Gasteiger partial charge >= 0.3 is 0 Å². The van der Waals surface area contributed by atoms with Crippen LogP contribution in [-0.2, 0) is 4.79 Å². The Morgan fingerprint density at radius 2 is 1.80 bits per heavy atom. The third-order valence-corrected chi connectivity index (χ3v) is 3.06. The summed E-state index contributed by atoms with van der Waals surface area (Å²) in [5, 5.41) is 6.51. The second-order valence-corrected chi connectivity index (χ2v) is 4.88. The average Bonchev–Trinajstić information content (AvgIpc) is 2.42. The fourth-order valence-corrected chi connectivity index (χ4v) is 1.90. The highest BCUT2D eigenvalue weighted by Crippen LogP contribution is 2.25. The van der Waals surface area contributed by atoms with Crippen molar-refractivity contribution in [3.8, 4) is 0 Å². The quantitative estimate of drug-likeness (QED) is 0.889. The van der Waals surface area contributed by atoms with Gasteiger partial charge in [0.15, 0.2) is 0 Å². The minimum Gasteiger partial charge on any atom is -0.375 e. The van der Waals surface area contributed by atoms with Crippen LogP contribution in [0.15, 0.2) is 42.5 Å². The van der Waals surface area contributed by atoms with Crippen LogP contribution >= 0.6 is 23.2 Å². The Hall–Kier alpha value is -1.78. The first-order chi connectivity index (χ1) is 9.54. The van der Waals surface area contributed by atoms with Gasteiger partial charge in [-0.15, -0.1) is 0 Å². The maximum Gasteiger partial charge on any atom is 0.243 e. The molecule has 0 atom stereocenters. The van der Waals surface area contributed by atoms with Crippen LogP contribution in [0.4, 0.5) is 15.8 Å². The van der Waals surface area contributed by atoms with Gasteiger partial charge < -0.3 is 10.6 Å². The molecule has 0 fully saturated rings. The molecule has 0 radical (unpaired) electrons.